The lowest BCUT2D eigenvalue weighted by atomic mass is 9.73. The van der Waals surface area contributed by atoms with E-state index in [1.807, 2.05) is 6.07 Å². The van der Waals surface area contributed by atoms with Crippen molar-refractivity contribution in [2.75, 3.05) is 5.32 Å². The molecule has 1 fully saturated rings. The Bertz CT molecular complexity index is 402. The Balaban J connectivity index is 2.06. The zero-order valence-electron chi connectivity index (χ0n) is 8.57. The van der Waals surface area contributed by atoms with E-state index in [0.717, 1.165) is 18.7 Å². The molecule has 0 saturated heterocycles. The summed E-state index contributed by atoms with van der Waals surface area (Å²) in [5.74, 6) is 1.56. The average molecular weight is 202 g/mol. The predicted octanol–water partition coefficient (Wildman–Crippen LogP) is 2.31. The monoisotopic (exact) mass is 202 g/mol. The molecule has 1 aliphatic heterocycles. The van der Waals surface area contributed by atoms with Gasteiger partial charge in [-0.25, -0.2) is 4.98 Å². The van der Waals surface area contributed by atoms with Gasteiger partial charge in [0, 0.05) is 12.1 Å². The molecule has 3 nitrogen and oxygen atoms in total. The Hall–Kier alpha value is -1.38. The molecular weight excluding hydrogens is 188 g/mol. The first-order valence-corrected chi connectivity index (χ1v) is 5.62. The van der Waals surface area contributed by atoms with E-state index in [4.69, 9.17) is 0 Å². The minimum Gasteiger partial charge on any atom is -0.310 e. The number of hydrogen-bond donors (Lipinski definition) is 1. The molecule has 78 valence electrons. The summed E-state index contributed by atoms with van der Waals surface area (Å²) in [5, 5.41) is 2.91. The molecule has 0 spiro atoms. The van der Waals surface area contributed by atoms with E-state index in [1.165, 1.54) is 18.4 Å². The van der Waals surface area contributed by atoms with Crippen LogP contribution in [-0.2, 0) is 4.79 Å². The highest BCUT2D eigenvalue weighted by atomic mass is 16.2. The van der Waals surface area contributed by atoms with Crippen LogP contribution in [0.1, 0.15) is 37.2 Å². The van der Waals surface area contributed by atoms with Gasteiger partial charge in [0.05, 0.1) is 0 Å². The van der Waals surface area contributed by atoms with E-state index in [1.54, 1.807) is 6.20 Å². The summed E-state index contributed by atoms with van der Waals surface area (Å²) < 4.78 is 0. The maximum atomic E-state index is 11.8. The third kappa shape index (κ3) is 1.34. The highest BCUT2D eigenvalue weighted by Crippen LogP contribution is 2.43. The normalized spacial score (nSPS) is 28.9. The molecule has 1 aromatic heterocycles. The van der Waals surface area contributed by atoms with Crippen LogP contribution in [0, 0.1) is 5.92 Å². The Morgan fingerprint density at radius 2 is 2.07 bits per heavy atom. The largest absolute Gasteiger partial charge is 0.310 e. The number of carbonyl (C=O) groups excluding carboxylic acids is 1. The maximum absolute atomic E-state index is 11.8. The van der Waals surface area contributed by atoms with Crippen LogP contribution < -0.4 is 5.32 Å². The average Bonchev–Trinajstić information content (AvgIpc) is 2.30. The highest BCUT2D eigenvalue weighted by Gasteiger charge is 2.37. The van der Waals surface area contributed by atoms with E-state index >= 15 is 0 Å². The lowest BCUT2D eigenvalue weighted by Crippen LogP contribution is -2.35. The SMILES string of the molecule is O=C1Nc2ncccc2[C@H]2CCCC[C@@H]12. The van der Waals surface area contributed by atoms with Crippen molar-refractivity contribution in [3.05, 3.63) is 23.9 Å². The zero-order valence-corrected chi connectivity index (χ0v) is 8.57. The first-order chi connectivity index (χ1) is 7.36. The quantitative estimate of drug-likeness (QED) is 0.701. The van der Waals surface area contributed by atoms with Crippen LogP contribution in [0.15, 0.2) is 18.3 Å². The molecule has 1 saturated carbocycles. The van der Waals surface area contributed by atoms with E-state index < -0.39 is 0 Å². The highest BCUT2D eigenvalue weighted by molar-refractivity contribution is 5.95. The van der Waals surface area contributed by atoms with Crippen LogP contribution in [0.3, 0.4) is 0 Å². The van der Waals surface area contributed by atoms with Crippen LogP contribution in [-0.4, -0.2) is 10.9 Å². The van der Waals surface area contributed by atoms with Gasteiger partial charge in [-0.05, 0) is 30.4 Å². The number of aromatic nitrogens is 1. The molecule has 2 aliphatic rings. The van der Waals surface area contributed by atoms with Crippen molar-refractivity contribution in [2.45, 2.75) is 31.6 Å². The van der Waals surface area contributed by atoms with Gasteiger partial charge in [0.1, 0.15) is 5.82 Å². The summed E-state index contributed by atoms with van der Waals surface area (Å²) in [7, 11) is 0. The molecule has 1 aliphatic carbocycles. The Morgan fingerprint density at radius 1 is 1.27 bits per heavy atom. The van der Waals surface area contributed by atoms with E-state index in [9.17, 15) is 4.79 Å². The first kappa shape index (κ1) is 8.89. The zero-order chi connectivity index (χ0) is 10.3. The molecule has 3 rings (SSSR count). The molecule has 15 heavy (non-hydrogen) atoms. The van der Waals surface area contributed by atoms with Gasteiger partial charge in [0.2, 0.25) is 5.91 Å². The number of rotatable bonds is 0. The molecule has 0 radical (unpaired) electrons. The van der Waals surface area contributed by atoms with Crippen LogP contribution in [0.2, 0.25) is 0 Å². The summed E-state index contributed by atoms with van der Waals surface area (Å²) in [6.07, 6.45) is 6.33. The van der Waals surface area contributed by atoms with Gasteiger partial charge in [0.25, 0.3) is 0 Å². The van der Waals surface area contributed by atoms with Crippen LogP contribution in [0.25, 0.3) is 0 Å². The third-order valence-electron chi connectivity index (χ3n) is 3.58. The Kier molecular flexibility index (Phi) is 1.97. The summed E-state index contributed by atoms with van der Waals surface area (Å²) in [6, 6.07) is 4.06. The molecule has 3 heteroatoms. The number of carbonyl (C=O) groups is 1. The number of anilines is 1. The predicted molar refractivity (Wildman–Crippen MR) is 57.6 cm³/mol. The lowest BCUT2D eigenvalue weighted by Gasteiger charge is -2.35. The van der Waals surface area contributed by atoms with E-state index in [2.05, 4.69) is 16.4 Å². The minimum absolute atomic E-state index is 0.172. The molecule has 1 N–H and O–H groups in total. The van der Waals surface area contributed by atoms with Crippen LogP contribution in [0.4, 0.5) is 5.82 Å². The Labute approximate surface area is 88.9 Å². The number of pyridine rings is 1. The van der Waals surface area contributed by atoms with Crippen molar-refractivity contribution in [1.29, 1.82) is 0 Å². The van der Waals surface area contributed by atoms with Gasteiger partial charge in [-0.2, -0.15) is 0 Å². The van der Waals surface area contributed by atoms with Gasteiger partial charge in [-0.1, -0.05) is 18.9 Å². The van der Waals surface area contributed by atoms with Crippen molar-refractivity contribution < 1.29 is 4.79 Å². The van der Waals surface area contributed by atoms with Crippen molar-refractivity contribution in [2.24, 2.45) is 5.92 Å². The smallest absolute Gasteiger partial charge is 0.229 e. The number of nitrogens with zero attached hydrogens (tertiary/aromatic N) is 1. The molecule has 2 atom stereocenters. The fourth-order valence-corrected chi connectivity index (χ4v) is 2.85. The fourth-order valence-electron chi connectivity index (χ4n) is 2.85. The molecule has 1 aromatic rings. The van der Waals surface area contributed by atoms with Gasteiger partial charge in [-0.3, -0.25) is 4.79 Å². The number of fused-ring (bicyclic) bond motifs is 3. The summed E-state index contributed by atoms with van der Waals surface area (Å²) in [6.45, 7) is 0. The molecular formula is C12H14N2O. The summed E-state index contributed by atoms with van der Waals surface area (Å²) in [4.78, 5) is 16.1. The number of hydrogen-bond acceptors (Lipinski definition) is 2. The Morgan fingerprint density at radius 3 is 2.93 bits per heavy atom. The van der Waals surface area contributed by atoms with Crippen molar-refractivity contribution in [1.82, 2.24) is 4.98 Å². The van der Waals surface area contributed by atoms with Gasteiger partial charge in [0.15, 0.2) is 0 Å². The van der Waals surface area contributed by atoms with Gasteiger partial charge in [-0.15, -0.1) is 0 Å². The topological polar surface area (TPSA) is 42.0 Å². The molecule has 1 amide bonds. The van der Waals surface area contributed by atoms with Gasteiger partial charge < -0.3 is 5.32 Å². The number of amides is 1. The molecule has 2 heterocycles. The molecule has 0 unspecified atom stereocenters. The van der Waals surface area contributed by atoms with E-state index in [-0.39, 0.29) is 11.8 Å². The second kappa shape index (κ2) is 3.33. The second-order valence-electron chi connectivity index (χ2n) is 4.43. The van der Waals surface area contributed by atoms with Crippen molar-refractivity contribution in [3.63, 3.8) is 0 Å². The fraction of sp³-hybridized carbons (Fsp3) is 0.500. The minimum atomic E-state index is 0.172. The maximum Gasteiger partial charge on any atom is 0.229 e. The second-order valence-corrected chi connectivity index (χ2v) is 4.43. The standard InChI is InChI=1S/C12H14N2O/c15-12-10-5-2-1-4-8(10)9-6-3-7-13-11(9)14-12/h3,6-8,10H,1-2,4-5H2,(H,13,14,15)/t8-,10-/m1/s1. The third-order valence-corrected chi connectivity index (χ3v) is 3.58. The van der Waals surface area contributed by atoms with Crippen molar-refractivity contribution >= 4 is 11.7 Å². The van der Waals surface area contributed by atoms with Crippen molar-refractivity contribution in [3.8, 4) is 0 Å². The molecule has 0 aromatic carbocycles. The van der Waals surface area contributed by atoms with Crippen LogP contribution >= 0.6 is 0 Å². The lowest BCUT2D eigenvalue weighted by molar-refractivity contribution is -0.121. The van der Waals surface area contributed by atoms with Gasteiger partial charge >= 0.3 is 0 Å². The summed E-state index contributed by atoms with van der Waals surface area (Å²) >= 11 is 0. The molecule has 0 bridgehead atoms. The van der Waals surface area contributed by atoms with E-state index in [0.29, 0.717) is 5.92 Å². The summed E-state index contributed by atoms with van der Waals surface area (Å²) in [5.41, 5.74) is 1.24. The number of nitrogens with one attached hydrogen (secondary N) is 1. The van der Waals surface area contributed by atoms with Crippen LogP contribution in [0.5, 0.6) is 0 Å². The first-order valence-electron chi connectivity index (χ1n) is 5.62.